The Labute approximate surface area is 150 Å². The quantitative estimate of drug-likeness (QED) is 0.734. The van der Waals surface area contributed by atoms with Crippen molar-refractivity contribution in [2.45, 2.75) is 12.6 Å². The van der Waals surface area contributed by atoms with Crippen molar-refractivity contribution >= 4 is 17.4 Å². The zero-order chi connectivity index (χ0) is 19.2. The molecule has 0 radical (unpaired) electrons. The highest BCUT2D eigenvalue weighted by Crippen LogP contribution is 2.29. The summed E-state index contributed by atoms with van der Waals surface area (Å²) in [7, 11) is 4.02. The van der Waals surface area contributed by atoms with Crippen molar-refractivity contribution in [1.82, 2.24) is 9.88 Å². The minimum atomic E-state index is -4.42. The first-order chi connectivity index (χ1) is 12.3. The summed E-state index contributed by atoms with van der Waals surface area (Å²) in [5, 5.41) is 5.78. The highest BCUT2D eigenvalue weighted by molar-refractivity contribution is 6.03. The minimum absolute atomic E-state index is 0.130. The lowest BCUT2D eigenvalue weighted by molar-refractivity contribution is -0.137. The first kappa shape index (κ1) is 19.7. The van der Waals surface area contributed by atoms with Crippen LogP contribution in [0.2, 0.25) is 0 Å². The number of alkyl halides is 3. The summed E-state index contributed by atoms with van der Waals surface area (Å²) < 4.78 is 37.6. The second-order valence-corrected chi connectivity index (χ2v) is 6.04. The molecule has 0 atom stereocenters. The molecule has 5 nitrogen and oxygen atoms in total. The van der Waals surface area contributed by atoms with Gasteiger partial charge in [-0.2, -0.15) is 13.2 Å². The third-order valence-electron chi connectivity index (χ3n) is 3.59. The first-order valence-electron chi connectivity index (χ1n) is 8.09. The standard InChI is InChI=1S/C18H21F3N4O/c1-25(2)11-3-10-22-15-8-9-16(23-12-15)24-17(26)13-4-6-14(7-5-13)18(19,20)21/h4-9,12,22H,3,10-11H2,1-2H3,(H,23,24,26). The Bertz CT molecular complexity index is 713. The molecule has 0 aliphatic carbocycles. The molecule has 140 valence electrons. The molecule has 2 N–H and O–H groups in total. The third-order valence-corrected chi connectivity index (χ3v) is 3.59. The van der Waals surface area contributed by atoms with E-state index in [1.54, 1.807) is 18.3 Å². The fraction of sp³-hybridized carbons (Fsp3) is 0.333. The summed E-state index contributed by atoms with van der Waals surface area (Å²) in [5.74, 6) is -0.188. The van der Waals surface area contributed by atoms with Crippen LogP contribution in [0.1, 0.15) is 22.3 Å². The van der Waals surface area contributed by atoms with Crippen LogP contribution in [-0.4, -0.2) is 43.0 Å². The molecule has 26 heavy (non-hydrogen) atoms. The van der Waals surface area contributed by atoms with Crippen LogP contribution in [0.4, 0.5) is 24.7 Å². The van der Waals surface area contributed by atoms with Crippen molar-refractivity contribution < 1.29 is 18.0 Å². The number of carbonyl (C=O) groups excluding carboxylic acids is 1. The van der Waals surface area contributed by atoms with E-state index in [4.69, 9.17) is 0 Å². The van der Waals surface area contributed by atoms with Crippen LogP contribution in [0.3, 0.4) is 0 Å². The van der Waals surface area contributed by atoms with Gasteiger partial charge in [-0.1, -0.05) is 0 Å². The van der Waals surface area contributed by atoms with Crippen molar-refractivity contribution in [3.05, 3.63) is 53.7 Å². The second-order valence-electron chi connectivity index (χ2n) is 6.04. The molecule has 2 rings (SSSR count). The van der Waals surface area contributed by atoms with Crippen molar-refractivity contribution in [2.75, 3.05) is 37.8 Å². The van der Waals surface area contributed by atoms with Crippen LogP contribution in [-0.2, 0) is 6.18 Å². The highest BCUT2D eigenvalue weighted by Gasteiger charge is 2.30. The highest BCUT2D eigenvalue weighted by atomic mass is 19.4. The van der Waals surface area contributed by atoms with E-state index in [0.717, 1.165) is 49.5 Å². The fourth-order valence-electron chi connectivity index (χ4n) is 2.20. The monoisotopic (exact) mass is 366 g/mol. The molecule has 8 heteroatoms. The summed E-state index contributed by atoms with van der Waals surface area (Å²) in [6, 6.07) is 7.45. The lowest BCUT2D eigenvalue weighted by atomic mass is 10.1. The van der Waals surface area contributed by atoms with E-state index in [0.29, 0.717) is 5.82 Å². The molecule has 0 bridgehead atoms. The van der Waals surface area contributed by atoms with Crippen molar-refractivity contribution in [3.63, 3.8) is 0 Å². The SMILES string of the molecule is CN(C)CCCNc1ccc(NC(=O)c2ccc(C(F)(F)F)cc2)nc1. The molecule has 1 aromatic carbocycles. The maximum Gasteiger partial charge on any atom is 0.416 e. The van der Waals surface area contributed by atoms with Crippen LogP contribution in [0, 0.1) is 0 Å². The molecular weight excluding hydrogens is 345 g/mol. The Balaban J connectivity index is 1.89. The molecule has 2 aromatic rings. The molecule has 0 saturated heterocycles. The van der Waals surface area contributed by atoms with Gasteiger partial charge in [-0.25, -0.2) is 4.98 Å². The molecule has 0 spiro atoms. The topological polar surface area (TPSA) is 57.3 Å². The number of anilines is 2. The maximum absolute atomic E-state index is 12.5. The number of hydrogen-bond acceptors (Lipinski definition) is 4. The van der Waals surface area contributed by atoms with E-state index in [1.165, 1.54) is 0 Å². The summed E-state index contributed by atoms with van der Waals surface area (Å²) in [6.45, 7) is 1.78. The molecule has 1 aromatic heterocycles. The smallest absolute Gasteiger partial charge is 0.384 e. The summed E-state index contributed by atoms with van der Waals surface area (Å²) in [4.78, 5) is 18.3. The van der Waals surface area contributed by atoms with Gasteiger partial charge in [0.2, 0.25) is 0 Å². The van der Waals surface area contributed by atoms with Gasteiger partial charge >= 0.3 is 6.18 Å². The van der Waals surface area contributed by atoms with Crippen LogP contribution in [0.5, 0.6) is 0 Å². The Kier molecular flexibility index (Phi) is 6.57. The van der Waals surface area contributed by atoms with Gasteiger partial charge in [0.05, 0.1) is 17.4 Å². The van der Waals surface area contributed by atoms with Gasteiger partial charge in [-0.3, -0.25) is 4.79 Å². The van der Waals surface area contributed by atoms with Gasteiger partial charge in [0.25, 0.3) is 5.91 Å². The van der Waals surface area contributed by atoms with E-state index in [9.17, 15) is 18.0 Å². The van der Waals surface area contributed by atoms with Crippen molar-refractivity contribution in [3.8, 4) is 0 Å². The first-order valence-corrected chi connectivity index (χ1v) is 8.09. The number of aromatic nitrogens is 1. The predicted octanol–water partition coefficient (Wildman–Crippen LogP) is 3.72. The van der Waals surface area contributed by atoms with Crippen molar-refractivity contribution in [1.29, 1.82) is 0 Å². The fourth-order valence-corrected chi connectivity index (χ4v) is 2.20. The number of halogens is 3. The number of hydrogen-bond donors (Lipinski definition) is 2. The number of nitrogens with zero attached hydrogens (tertiary/aromatic N) is 2. The number of carbonyl (C=O) groups is 1. The van der Waals surface area contributed by atoms with E-state index < -0.39 is 17.6 Å². The zero-order valence-corrected chi connectivity index (χ0v) is 14.6. The third kappa shape index (κ3) is 6.03. The molecular formula is C18H21F3N4O. The van der Waals surface area contributed by atoms with Gasteiger partial charge in [0, 0.05) is 12.1 Å². The Morgan fingerprint density at radius 1 is 1.12 bits per heavy atom. The van der Waals surface area contributed by atoms with Gasteiger partial charge < -0.3 is 15.5 Å². The number of pyridine rings is 1. The molecule has 1 amide bonds. The van der Waals surface area contributed by atoms with E-state index >= 15 is 0 Å². The van der Waals surface area contributed by atoms with Crippen molar-refractivity contribution in [2.24, 2.45) is 0 Å². The normalized spacial score (nSPS) is 11.5. The predicted molar refractivity (Wildman–Crippen MR) is 95.3 cm³/mol. The maximum atomic E-state index is 12.5. The largest absolute Gasteiger partial charge is 0.416 e. The average molecular weight is 366 g/mol. The van der Waals surface area contributed by atoms with Gasteiger partial charge in [0.1, 0.15) is 5.82 Å². The summed E-state index contributed by atoms with van der Waals surface area (Å²) in [6.07, 6.45) is -1.84. The van der Waals surface area contributed by atoms with Gasteiger partial charge in [-0.15, -0.1) is 0 Å². The van der Waals surface area contributed by atoms with Crippen LogP contribution in [0.15, 0.2) is 42.6 Å². The lowest BCUT2D eigenvalue weighted by Gasteiger charge is -2.11. The average Bonchev–Trinajstić information content (AvgIpc) is 2.59. The number of benzene rings is 1. The van der Waals surface area contributed by atoms with Crippen LogP contribution >= 0.6 is 0 Å². The van der Waals surface area contributed by atoms with Gasteiger partial charge in [0.15, 0.2) is 0 Å². The summed E-state index contributed by atoms with van der Waals surface area (Å²) in [5.41, 5.74) is 0.166. The summed E-state index contributed by atoms with van der Waals surface area (Å²) >= 11 is 0. The van der Waals surface area contributed by atoms with Gasteiger partial charge in [-0.05, 0) is 63.5 Å². The molecule has 0 fully saturated rings. The number of amides is 1. The Hall–Kier alpha value is -2.61. The molecule has 0 unspecified atom stereocenters. The van der Waals surface area contributed by atoms with E-state index in [2.05, 4.69) is 20.5 Å². The Morgan fingerprint density at radius 2 is 1.81 bits per heavy atom. The lowest BCUT2D eigenvalue weighted by Crippen LogP contribution is -2.16. The molecule has 0 aliphatic rings. The zero-order valence-electron chi connectivity index (χ0n) is 14.6. The van der Waals surface area contributed by atoms with Crippen LogP contribution < -0.4 is 10.6 Å². The number of nitrogens with one attached hydrogen (secondary N) is 2. The Morgan fingerprint density at radius 3 is 2.35 bits per heavy atom. The molecule has 0 aliphatic heterocycles. The minimum Gasteiger partial charge on any atom is -0.384 e. The molecule has 0 saturated carbocycles. The molecule has 1 heterocycles. The van der Waals surface area contributed by atoms with E-state index in [1.807, 2.05) is 14.1 Å². The van der Waals surface area contributed by atoms with Crippen LogP contribution in [0.25, 0.3) is 0 Å². The van der Waals surface area contributed by atoms with E-state index in [-0.39, 0.29) is 5.56 Å². The number of rotatable bonds is 7. The second kappa shape index (κ2) is 8.66.